The molecule has 1 fully saturated rings. The highest BCUT2D eigenvalue weighted by Gasteiger charge is 2.28. The van der Waals surface area contributed by atoms with Gasteiger partial charge in [0.1, 0.15) is 19.1 Å². The van der Waals surface area contributed by atoms with Crippen molar-refractivity contribution in [3.05, 3.63) is 59.2 Å². The number of carbonyl (C=O) groups excluding carboxylic acids is 2. The van der Waals surface area contributed by atoms with Crippen molar-refractivity contribution in [2.24, 2.45) is 0 Å². The minimum atomic E-state index is -0.648. The number of hydrogen-bond donors (Lipinski definition) is 3. The lowest BCUT2D eigenvalue weighted by atomic mass is 10.0. The van der Waals surface area contributed by atoms with Crippen LogP contribution in [0.4, 0.5) is 11.4 Å². The van der Waals surface area contributed by atoms with Crippen molar-refractivity contribution < 1.29 is 19.2 Å². The van der Waals surface area contributed by atoms with Gasteiger partial charge in [-0.15, -0.1) is 0 Å². The summed E-state index contributed by atoms with van der Waals surface area (Å²) in [6, 6.07) is 14.1. The highest BCUT2D eigenvalue weighted by Crippen LogP contribution is 2.17. The van der Waals surface area contributed by atoms with E-state index in [1.807, 2.05) is 46.1 Å². The fraction of sp³-hybridized carbons (Fsp3) is 0.417. The third-order valence-electron chi connectivity index (χ3n) is 5.74. The van der Waals surface area contributed by atoms with Crippen molar-refractivity contribution in [2.75, 3.05) is 57.2 Å². The van der Waals surface area contributed by atoms with Crippen molar-refractivity contribution in [1.29, 1.82) is 0 Å². The van der Waals surface area contributed by atoms with E-state index < -0.39 is 11.8 Å². The van der Waals surface area contributed by atoms with Crippen LogP contribution < -0.4 is 20.4 Å². The number of nitrogens with zero attached hydrogens (tertiary/aromatic N) is 1. The van der Waals surface area contributed by atoms with Crippen LogP contribution in [0, 0.1) is 13.8 Å². The minimum Gasteiger partial charge on any atom is -0.378 e. The van der Waals surface area contributed by atoms with Crippen LogP contribution in [-0.2, 0) is 14.3 Å². The van der Waals surface area contributed by atoms with Crippen molar-refractivity contribution in [2.45, 2.75) is 19.9 Å². The molecule has 7 heteroatoms. The second kappa shape index (κ2) is 10.4. The molecular formula is C24H33N4O3+. The van der Waals surface area contributed by atoms with Gasteiger partial charge < -0.3 is 25.2 Å². The van der Waals surface area contributed by atoms with E-state index in [1.165, 1.54) is 4.90 Å². The molecule has 0 aliphatic carbocycles. The molecule has 31 heavy (non-hydrogen) atoms. The fourth-order valence-corrected chi connectivity index (χ4v) is 3.89. The molecule has 0 spiro atoms. The molecule has 7 nitrogen and oxygen atoms in total. The van der Waals surface area contributed by atoms with Crippen molar-refractivity contribution >= 4 is 23.2 Å². The van der Waals surface area contributed by atoms with Gasteiger partial charge in [0.25, 0.3) is 0 Å². The zero-order chi connectivity index (χ0) is 22.4. The number of quaternary nitrogens is 1. The van der Waals surface area contributed by atoms with Gasteiger partial charge in [-0.05, 0) is 37.6 Å². The van der Waals surface area contributed by atoms with Crippen LogP contribution >= 0.6 is 0 Å². The normalized spacial score (nSPS) is 15.2. The van der Waals surface area contributed by atoms with Crippen molar-refractivity contribution in [3.63, 3.8) is 0 Å². The predicted molar refractivity (Wildman–Crippen MR) is 123 cm³/mol. The summed E-state index contributed by atoms with van der Waals surface area (Å²) in [6.07, 6.45) is 0. The summed E-state index contributed by atoms with van der Waals surface area (Å²) in [7, 11) is 4.02. The highest BCUT2D eigenvalue weighted by molar-refractivity contribution is 6.39. The van der Waals surface area contributed by atoms with Crippen LogP contribution in [0.25, 0.3) is 0 Å². The summed E-state index contributed by atoms with van der Waals surface area (Å²) >= 11 is 0. The average Bonchev–Trinajstić information content (AvgIpc) is 2.76. The Labute approximate surface area is 184 Å². The van der Waals surface area contributed by atoms with Crippen LogP contribution in [0.15, 0.2) is 42.5 Å². The zero-order valence-electron chi connectivity index (χ0n) is 18.8. The molecular weight excluding hydrogens is 392 g/mol. The number of nitrogens with one attached hydrogen (secondary N) is 3. The van der Waals surface area contributed by atoms with Crippen LogP contribution in [-0.4, -0.2) is 58.8 Å². The summed E-state index contributed by atoms with van der Waals surface area (Å²) in [6.45, 7) is 7.41. The topological polar surface area (TPSA) is 75.1 Å². The fourth-order valence-electron chi connectivity index (χ4n) is 3.89. The number of benzene rings is 2. The molecule has 2 amide bonds. The summed E-state index contributed by atoms with van der Waals surface area (Å²) in [5, 5.41) is 5.56. The Morgan fingerprint density at radius 2 is 1.71 bits per heavy atom. The van der Waals surface area contributed by atoms with Crippen LogP contribution in [0.5, 0.6) is 0 Å². The van der Waals surface area contributed by atoms with Crippen molar-refractivity contribution in [3.8, 4) is 0 Å². The third kappa shape index (κ3) is 6.06. The molecule has 3 N–H and O–H groups in total. The lowest BCUT2D eigenvalue weighted by molar-refractivity contribution is -0.937. The Morgan fingerprint density at radius 3 is 2.32 bits per heavy atom. The molecule has 1 aliphatic heterocycles. The second-order valence-electron chi connectivity index (χ2n) is 8.29. The Bertz CT molecular complexity index is 906. The van der Waals surface area contributed by atoms with E-state index in [-0.39, 0.29) is 6.04 Å². The summed E-state index contributed by atoms with van der Waals surface area (Å²) in [5.41, 5.74) is 4.95. The summed E-state index contributed by atoms with van der Waals surface area (Å²) in [5.74, 6) is -1.27. The van der Waals surface area contributed by atoms with Gasteiger partial charge in [0.2, 0.25) is 0 Å². The van der Waals surface area contributed by atoms with Gasteiger partial charge in [-0.1, -0.05) is 29.8 Å². The number of rotatable bonds is 6. The van der Waals surface area contributed by atoms with Gasteiger partial charge in [0.15, 0.2) is 0 Å². The number of amides is 2. The van der Waals surface area contributed by atoms with E-state index in [2.05, 4.69) is 39.8 Å². The largest absolute Gasteiger partial charge is 0.378 e. The molecule has 0 unspecified atom stereocenters. The van der Waals surface area contributed by atoms with Crippen molar-refractivity contribution in [1.82, 2.24) is 5.32 Å². The van der Waals surface area contributed by atoms with E-state index in [4.69, 9.17) is 4.74 Å². The maximum atomic E-state index is 12.5. The summed E-state index contributed by atoms with van der Waals surface area (Å²) in [4.78, 5) is 28.4. The highest BCUT2D eigenvalue weighted by atomic mass is 16.5. The molecule has 3 rings (SSSR count). The Kier molecular flexibility index (Phi) is 7.65. The number of carbonyl (C=O) groups is 2. The molecule has 0 radical (unpaired) electrons. The van der Waals surface area contributed by atoms with Gasteiger partial charge >= 0.3 is 11.8 Å². The molecule has 0 saturated carbocycles. The maximum absolute atomic E-state index is 12.5. The maximum Gasteiger partial charge on any atom is 0.313 e. The summed E-state index contributed by atoms with van der Waals surface area (Å²) < 4.78 is 5.51. The second-order valence-corrected chi connectivity index (χ2v) is 8.29. The number of hydrogen-bond acceptors (Lipinski definition) is 4. The number of ether oxygens (including phenoxy) is 1. The van der Waals surface area contributed by atoms with Gasteiger partial charge in [0.05, 0.1) is 19.8 Å². The first-order chi connectivity index (χ1) is 14.8. The molecule has 2 aromatic carbocycles. The first kappa shape index (κ1) is 22.8. The van der Waals surface area contributed by atoms with Gasteiger partial charge in [-0.3, -0.25) is 9.59 Å². The van der Waals surface area contributed by atoms with Gasteiger partial charge in [-0.2, -0.15) is 0 Å². The number of morpholine rings is 1. The molecule has 0 aromatic heterocycles. The predicted octanol–water partition coefficient (Wildman–Crippen LogP) is 1.08. The van der Waals surface area contributed by atoms with Crippen LogP contribution in [0.3, 0.4) is 0 Å². The van der Waals surface area contributed by atoms with E-state index in [1.54, 1.807) is 0 Å². The zero-order valence-corrected chi connectivity index (χ0v) is 18.8. The molecule has 0 bridgehead atoms. The Hall–Kier alpha value is -2.90. The molecule has 1 heterocycles. The molecule has 2 aromatic rings. The number of anilines is 2. The number of aryl methyl sites for hydroxylation is 2. The van der Waals surface area contributed by atoms with Crippen LogP contribution in [0.2, 0.25) is 0 Å². The molecule has 1 aliphatic rings. The van der Waals surface area contributed by atoms with Gasteiger partial charge in [0, 0.05) is 31.0 Å². The third-order valence-corrected chi connectivity index (χ3v) is 5.74. The lowest BCUT2D eigenvalue weighted by Gasteiger charge is -2.32. The SMILES string of the molecule is Cc1ccc(NC(=O)C(=O)NC[C@H](c2ccc(N(C)C)cc2)[NH+]2CCOCC2)c(C)c1. The monoisotopic (exact) mass is 425 g/mol. The molecule has 166 valence electrons. The minimum absolute atomic E-state index is 0.0537. The standard InChI is InChI=1S/C24H32N4O3/c1-17-5-10-21(18(2)15-17)26-24(30)23(29)25-16-22(28-11-13-31-14-12-28)19-6-8-20(9-7-19)27(3)4/h5-10,15,22H,11-14,16H2,1-4H3,(H,25,29)(H,26,30)/p+1/t22-/m1/s1. The molecule has 1 atom stereocenters. The Balaban J connectivity index is 1.67. The van der Waals surface area contributed by atoms with E-state index in [0.29, 0.717) is 25.4 Å². The average molecular weight is 426 g/mol. The van der Waals surface area contributed by atoms with E-state index >= 15 is 0 Å². The molecule has 1 saturated heterocycles. The van der Waals surface area contributed by atoms with E-state index in [9.17, 15) is 9.59 Å². The quantitative estimate of drug-likeness (QED) is 0.606. The Morgan fingerprint density at radius 1 is 1.03 bits per heavy atom. The van der Waals surface area contributed by atoms with Crippen LogP contribution in [0.1, 0.15) is 22.7 Å². The van der Waals surface area contributed by atoms with Gasteiger partial charge in [-0.25, -0.2) is 0 Å². The first-order valence-electron chi connectivity index (χ1n) is 10.7. The lowest BCUT2D eigenvalue weighted by Crippen LogP contribution is -3.15. The smallest absolute Gasteiger partial charge is 0.313 e. The van der Waals surface area contributed by atoms with E-state index in [0.717, 1.165) is 35.5 Å². The first-order valence-corrected chi connectivity index (χ1v) is 10.7.